The molecule has 3 rings (SSSR count). The van der Waals surface area contributed by atoms with E-state index < -0.39 is 10.9 Å². The highest BCUT2D eigenvalue weighted by molar-refractivity contribution is 5.95. The molecule has 0 spiro atoms. The predicted octanol–water partition coefficient (Wildman–Crippen LogP) is 3.36. The fourth-order valence-corrected chi connectivity index (χ4v) is 2.95. The van der Waals surface area contributed by atoms with Crippen LogP contribution >= 0.6 is 0 Å². The second-order valence-corrected chi connectivity index (χ2v) is 5.73. The van der Waals surface area contributed by atoms with Crippen LogP contribution in [0.5, 0.6) is 5.75 Å². The average molecular weight is 342 g/mol. The average Bonchev–Trinajstić information content (AvgIpc) is 2.65. The van der Waals surface area contributed by atoms with Crippen molar-refractivity contribution < 1.29 is 19.2 Å². The summed E-state index contributed by atoms with van der Waals surface area (Å²) in [5.74, 6) is 0.424. The van der Waals surface area contributed by atoms with Gasteiger partial charge in [-0.05, 0) is 30.2 Å². The van der Waals surface area contributed by atoms with E-state index in [9.17, 15) is 14.9 Å². The number of hydrogen-bond acceptors (Lipinski definition) is 6. The van der Waals surface area contributed by atoms with Crippen LogP contribution in [0.25, 0.3) is 0 Å². The lowest BCUT2D eigenvalue weighted by Gasteiger charge is -2.26. The minimum atomic E-state index is -0.730. The summed E-state index contributed by atoms with van der Waals surface area (Å²) in [6.45, 7) is 1.29. The van der Waals surface area contributed by atoms with Gasteiger partial charge in [-0.15, -0.1) is 0 Å². The Morgan fingerprint density at radius 3 is 2.92 bits per heavy atom. The van der Waals surface area contributed by atoms with Gasteiger partial charge in [0.2, 0.25) is 0 Å². The molecule has 25 heavy (non-hydrogen) atoms. The van der Waals surface area contributed by atoms with Gasteiger partial charge in [0.25, 0.3) is 5.69 Å². The molecule has 1 aliphatic heterocycles. The Balaban J connectivity index is 1.78. The van der Waals surface area contributed by atoms with E-state index in [1.165, 1.54) is 19.2 Å². The minimum Gasteiger partial charge on any atom is -0.493 e. The first-order valence-corrected chi connectivity index (χ1v) is 7.92. The second kappa shape index (κ2) is 7.21. The van der Waals surface area contributed by atoms with Gasteiger partial charge in [0, 0.05) is 24.2 Å². The standard InChI is InChI=1S/C18H18N2O5/c1-24-18(21)15-10-13(6-7-16(15)20(22)23)19-11-12-8-9-25-17-5-3-2-4-14(12)17/h2-7,10,12,19H,8-9,11H2,1H3. The number of para-hydroxylation sites is 1. The van der Waals surface area contributed by atoms with E-state index in [0.29, 0.717) is 18.8 Å². The van der Waals surface area contributed by atoms with Crippen LogP contribution in [0.4, 0.5) is 11.4 Å². The summed E-state index contributed by atoms with van der Waals surface area (Å²) in [6, 6.07) is 12.3. The molecule has 2 aromatic rings. The highest BCUT2D eigenvalue weighted by atomic mass is 16.6. The highest BCUT2D eigenvalue weighted by Crippen LogP contribution is 2.33. The van der Waals surface area contributed by atoms with Gasteiger partial charge in [-0.3, -0.25) is 10.1 Å². The molecule has 7 heteroatoms. The molecule has 1 aliphatic rings. The van der Waals surface area contributed by atoms with Gasteiger partial charge in [-0.25, -0.2) is 4.79 Å². The number of benzene rings is 2. The zero-order chi connectivity index (χ0) is 17.8. The van der Waals surface area contributed by atoms with Gasteiger partial charge in [0.1, 0.15) is 11.3 Å². The first-order chi connectivity index (χ1) is 12.1. The number of nitrogens with zero attached hydrogens (tertiary/aromatic N) is 1. The van der Waals surface area contributed by atoms with Crippen molar-refractivity contribution in [2.45, 2.75) is 12.3 Å². The van der Waals surface area contributed by atoms with Crippen molar-refractivity contribution in [1.82, 2.24) is 0 Å². The van der Waals surface area contributed by atoms with Crippen LogP contribution in [0.3, 0.4) is 0 Å². The first kappa shape index (κ1) is 16.8. The van der Waals surface area contributed by atoms with Gasteiger partial charge >= 0.3 is 5.97 Å². The molecule has 2 aromatic carbocycles. The number of nitro groups is 1. The summed E-state index contributed by atoms with van der Waals surface area (Å²) < 4.78 is 10.3. The molecule has 1 unspecified atom stereocenters. The SMILES string of the molecule is COC(=O)c1cc(NCC2CCOc3ccccc32)ccc1[N+](=O)[O-]. The third kappa shape index (κ3) is 3.55. The number of carbonyl (C=O) groups is 1. The number of ether oxygens (including phenoxy) is 2. The smallest absolute Gasteiger partial charge is 0.344 e. The molecule has 1 N–H and O–H groups in total. The lowest BCUT2D eigenvalue weighted by atomic mass is 9.93. The molecule has 1 heterocycles. The van der Waals surface area contributed by atoms with E-state index in [4.69, 9.17) is 4.74 Å². The number of nitrogens with one attached hydrogen (secondary N) is 1. The Labute approximate surface area is 144 Å². The molecular weight excluding hydrogens is 324 g/mol. The van der Waals surface area contributed by atoms with E-state index in [1.807, 2.05) is 24.3 Å². The van der Waals surface area contributed by atoms with Crippen molar-refractivity contribution in [3.05, 3.63) is 63.7 Å². The third-order valence-corrected chi connectivity index (χ3v) is 4.23. The zero-order valence-electron chi connectivity index (χ0n) is 13.7. The lowest BCUT2D eigenvalue weighted by Crippen LogP contribution is -2.20. The topological polar surface area (TPSA) is 90.7 Å². The van der Waals surface area contributed by atoms with Crippen molar-refractivity contribution in [1.29, 1.82) is 0 Å². The number of hydrogen-bond donors (Lipinski definition) is 1. The second-order valence-electron chi connectivity index (χ2n) is 5.73. The van der Waals surface area contributed by atoms with Gasteiger partial charge < -0.3 is 14.8 Å². The van der Waals surface area contributed by atoms with Gasteiger partial charge in [-0.2, -0.15) is 0 Å². The van der Waals surface area contributed by atoms with Crippen molar-refractivity contribution in [2.75, 3.05) is 25.6 Å². The predicted molar refractivity (Wildman–Crippen MR) is 92.2 cm³/mol. The van der Waals surface area contributed by atoms with Crippen LogP contribution in [0.1, 0.15) is 28.3 Å². The van der Waals surface area contributed by atoms with Crippen molar-refractivity contribution in [3.63, 3.8) is 0 Å². The lowest BCUT2D eigenvalue weighted by molar-refractivity contribution is -0.385. The van der Waals surface area contributed by atoms with Crippen LogP contribution in [-0.2, 0) is 4.74 Å². The summed E-state index contributed by atoms with van der Waals surface area (Å²) in [6.07, 6.45) is 0.876. The molecule has 0 saturated carbocycles. The van der Waals surface area contributed by atoms with E-state index >= 15 is 0 Å². The van der Waals surface area contributed by atoms with E-state index in [-0.39, 0.29) is 17.2 Å². The summed E-state index contributed by atoms with van der Waals surface area (Å²) in [5.41, 5.74) is 1.44. The number of anilines is 1. The maximum absolute atomic E-state index is 11.8. The maximum Gasteiger partial charge on any atom is 0.344 e. The Kier molecular flexibility index (Phi) is 4.83. The molecule has 130 valence electrons. The first-order valence-electron chi connectivity index (χ1n) is 7.92. The monoisotopic (exact) mass is 342 g/mol. The molecule has 0 bridgehead atoms. The Morgan fingerprint density at radius 2 is 2.16 bits per heavy atom. The van der Waals surface area contributed by atoms with Crippen LogP contribution in [0.15, 0.2) is 42.5 Å². The summed E-state index contributed by atoms with van der Waals surface area (Å²) in [7, 11) is 1.20. The van der Waals surface area contributed by atoms with E-state index in [2.05, 4.69) is 10.1 Å². The van der Waals surface area contributed by atoms with Crippen LogP contribution in [0, 0.1) is 10.1 Å². The van der Waals surface area contributed by atoms with Crippen molar-refractivity contribution in [2.24, 2.45) is 0 Å². The fraction of sp³-hybridized carbons (Fsp3) is 0.278. The highest BCUT2D eigenvalue weighted by Gasteiger charge is 2.23. The Hall–Kier alpha value is -3.09. The number of carbonyl (C=O) groups excluding carboxylic acids is 1. The molecule has 7 nitrogen and oxygen atoms in total. The Bertz CT molecular complexity index is 806. The van der Waals surface area contributed by atoms with Gasteiger partial charge in [0.05, 0.1) is 18.6 Å². The van der Waals surface area contributed by atoms with Gasteiger partial charge in [0.15, 0.2) is 0 Å². The quantitative estimate of drug-likeness (QED) is 0.509. The van der Waals surface area contributed by atoms with Gasteiger partial charge in [-0.1, -0.05) is 18.2 Å². The number of methoxy groups -OCH3 is 1. The molecule has 0 radical (unpaired) electrons. The molecule has 0 saturated heterocycles. The molecule has 0 amide bonds. The number of esters is 1. The normalized spacial score (nSPS) is 15.6. The van der Waals surface area contributed by atoms with Crippen LogP contribution in [-0.4, -0.2) is 31.2 Å². The maximum atomic E-state index is 11.8. The minimum absolute atomic E-state index is 0.0649. The fourth-order valence-electron chi connectivity index (χ4n) is 2.95. The number of nitro benzene ring substituents is 1. The number of fused-ring (bicyclic) bond motifs is 1. The molecule has 1 atom stereocenters. The van der Waals surface area contributed by atoms with Crippen molar-refractivity contribution >= 4 is 17.3 Å². The third-order valence-electron chi connectivity index (χ3n) is 4.23. The summed E-state index contributed by atoms with van der Waals surface area (Å²) in [5, 5.41) is 14.3. The van der Waals surface area contributed by atoms with E-state index in [0.717, 1.165) is 17.7 Å². The largest absolute Gasteiger partial charge is 0.493 e. The summed E-state index contributed by atoms with van der Waals surface area (Å²) >= 11 is 0. The van der Waals surface area contributed by atoms with Crippen molar-refractivity contribution in [3.8, 4) is 5.75 Å². The summed E-state index contributed by atoms with van der Waals surface area (Å²) in [4.78, 5) is 22.3. The molecule has 0 aromatic heterocycles. The van der Waals surface area contributed by atoms with Crippen LogP contribution < -0.4 is 10.1 Å². The molecule has 0 aliphatic carbocycles. The molecule has 0 fully saturated rings. The zero-order valence-corrected chi connectivity index (χ0v) is 13.7. The van der Waals surface area contributed by atoms with Crippen LogP contribution in [0.2, 0.25) is 0 Å². The molecular formula is C18H18N2O5. The van der Waals surface area contributed by atoms with E-state index in [1.54, 1.807) is 6.07 Å². The Morgan fingerprint density at radius 1 is 1.36 bits per heavy atom. The number of rotatable bonds is 5.